The number of esters is 1. The van der Waals surface area contributed by atoms with E-state index in [1.165, 1.54) is 11.7 Å². The van der Waals surface area contributed by atoms with Crippen LogP contribution in [-0.4, -0.2) is 67.4 Å². The van der Waals surface area contributed by atoms with Crippen molar-refractivity contribution >= 4 is 65.1 Å². The van der Waals surface area contributed by atoms with Crippen LogP contribution in [0.4, 0.5) is 0 Å². The first-order valence-electron chi connectivity index (χ1n) is 10.4. The van der Waals surface area contributed by atoms with Gasteiger partial charge in [0.2, 0.25) is 5.91 Å². The van der Waals surface area contributed by atoms with E-state index in [2.05, 4.69) is 20.9 Å². The Bertz CT molecular complexity index is 1240. The minimum Gasteiger partial charge on any atom is -0.468 e. The molecule has 1 aromatic carbocycles. The number of likely N-dealkylation sites (tertiary alicyclic amines) is 1. The maximum atomic E-state index is 12.6. The summed E-state index contributed by atoms with van der Waals surface area (Å²) in [5.41, 5.74) is 0.659. The smallest absolute Gasteiger partial charge is 0.325 e. The average molecular weight is 560 g/mol. The van der Waals surface area contributed by atoms with Gasteiger partial charge in [0.1, 0.15) is 18.1 Å². The fraction of sp³-hybridized carbons (Fsp3) is 0.524. The van der Waals surface area contributed by atoms with Crippen LogP contribution >= 0.6 is 27.3 Å². The third-order valence-electron chi connectivity index (χ3n) is 5.29. The van der Waals surface area contributed by atoms with Gasteiger partial charge in [-0.2, -0.15) is 4.99 Å². The van der Waals surface area contributed by atoms with Gasteiger partial charge in [-0.3, -0.25) is 14.4 Å². The fourth-order valence-electron chi connectivity index (χ4n) is 4.00. The second kappa shape index (κ2) is 10.5. The highest BCUT2D eigenvalue weighted by atomic mass is 79.9. The molecule has 2 unspecified atom stereocenters. The lowest BCUT2D eigenvalue weighted by molar-refractivity contribution is -0.141. The molecule has 0 aliphatic carbocycles. The zero-order valence-electron chi connectivity index (χ0n) is 18.6. The standard InChI is InChI=1S/C21H26BrN3O6S2/c1-13-6-14(2)9-24(8-13)19(27)12-33(29,30)11-18(26)23-21-25(10-20(28)31-3)16-5-4-15(22)7-17(16)32-21/h4-5,7,13-14H,6,8-12H2,1-3H3. The normalized spacial score (nSPS) is 19.6. The molecule has 3 rings (SSSR count). The largest absolute Gasteiger partial charge is 0.468 e. The van der Waals surface area contributed by atoms with Crippen LogP contribution in [0.2, 0.25) is 0 Å². The van der Waals surface area contributed by atoms with E-state index in [9.17, 15) is 22.8 Å². The molecule has 180 valence electrons. The number of fused-ring (bicyclic) bond motifs is 1. The molecule has 1 fully saturated rings. The van der Waals surface area contributed by atoms with Gasteiger partial charge in [-0.05, 0) is 36.5 Å². The lowest BCUT2D eigenvalue weighted by Gasteiger charge is -2.34. The Balaban J connectivity index is 1.81. The van der Waals surface area contributed by atoms with Gasteiger partial charge in [0.05, 0.1) is 17.3 Å². The zero-order valence-corrected chi connectivity index (χ0v) is 21.8. The van der Waals surface area contributed by atoms with Crippen molar-refractivity contribution in [2.75, 3.05) is 31.7 Å². The number of thiazole rings is 1. The number of carbonyl (C=O) groups excluding carboxylic acids is 3. The first-order valence-corrected chi connectivity index (χ1v) is 13.8. The number of hydrogen-bond acceptors (Lipinski definition) is 7. The van der Waals surface area contributed by atoms with E-state index in [-0.39, 0.29) is 11.3 Å². The summed E-state index contributed by atoms with van der Waals surface area (Å²) in [5.74, 6) is -2.93. The Morgan fingerprint density at radius 1 is 1.18 bits per heavy atom. The number of rotatable bonds is 6. The number of piperidine rings is 1. The Morgan fingerprint density at radius 3 is 2.48 bits per heavy atom. The van der Waals surface area contributed by atoms with Gasteiger partial charge >= 0.3 is 5.97 Å². The van der Waals surface area contributed by atoms with Gasteiger partial charge in [-0.1, -0.05) is 41.1 Å². The van der Waals surface area contributed by atoms with Crippen molar-refractivity contribution in [2.45, 2.75) is 26.8 Å². The molecule has 0 N–H and O–H groups in total. The van der Waals surface area contributed by atoms with Crippen LogP contribution in [0.5, 0.6) is 0 Å². The lowest BCUT2D eigenvalue weighted by Crippen LogP contribution is -2.45. The molecule has 2 amide bonds. The van der Waals surface area contributed by atoms with E-state index in [4.69, 9.17) is 4.74 Å². The molecule has 0 radical (unpaired) electrons. The summed E-state index contributed by atoms with van der Waals surface area (Å²) in [5, 5.41) is 0. The maximum Gasteiger partial charge on any atom is 0.325 e. The van der Waals surface area contributed by atoms with E-state index >= 15 is 0 Å². The number of nitrogens with zero attached hydrogens (tertiary/aromatic N) is 3. The number of hydrogen-bond donors (Lipinski definition) is 0. The lowest BCUT2D eigenvalue weighted by atomic mass is 9.92. The van der Waals surface area contributed by atoms with Crippen LogP contribution < -0.4 is 4.80 Å². The molecule has 1 saturated heterocycles. The number of amides is 2. The fourth-order valence-corrected chi connectivity index (χ4v) is 6.70. The summed E-state index contributed by atoms with van der Waals surface area (Å²) in [6.07, 6.45) is 0.991. The Labute approximate surface area is 204 Å². The van der Waals surface area contributed by atoms with Gasteiger partial charge in [-0.25, -0.2) is 8.42 Å². The van der Waals surface area contributed by atoms with Crippen molar-refractivity contribution < 1.29 is 27.5 Å². The van der Waals surface area contributed by atoms with Crippen molar-refractivity contribution in [3.63, 3.8) is 0 Å². The van der Waals surface area contributed by atoms with Crippen LogP contribution in [0.3, 0.4) is 0 Å². The molecular weight excluding hydrogens is 534 g/mol. The molecule has 1 aliphatic heterocycles. The van der Waals surface area contributed by atoms with E-state index in [1.807, 2.05) is 19.9 Å². The zero-order chi connectivity index (χ0) is 24.3. The number of methoxy groups -OCH3 is 1. The molecule has 0 spiro atoms. The molecule has 0 bridgehead atoms. The summed E-state index contributed by atoms with van der Waals surface area (Å²) >= 11 is 4.53. The Kier molecular flexibility index (Phi) is 8.12. The van der Waals surface area contributed by atoms with Gasteiger partial charge in [0.15, 0.2) is 14.6 Å². The maximum absolute atomic E-state index is 12.6. The third kappa shape index (κ3) is 6.73. The molecular formula is C21H26BrN3O6S2. The summed E-state index contributed by atoms with van der Waals surface area (Å²) in [4.78, 5) is 42.6. The van der Waals surface area contributed by atoms with E-state index in [1.54, 1.807) is 17.0 Å². The monoisotopic (exact) mass is 559 g/mol. The number of ether oxygens (including phenoxy) is 1. The minimum absolute atomic E-state index is 0.179. The van der Waals surface area contributed by atoms with E-state index in [0.29, 0.717) is 30.4 Å². The molecule has 1 aromatic heterocycles. The van der Waals surface area contributed by atoms with E-state index in [0.717, 1.165) is 26.9 Å². The summed E-state index contributed by atoms with van der Waals surface area (Å²) in [6.45, 7) is 4.91. The van der Waals surface area contributed by atoms with Crippen LogP contribution in [0.1, 0.15) is 20.3 Å². The van der Waals surface area contributed by atoms with Crippen LogP contribution in [0, 0.1) is 11.8 Å². The summed E-state index contributed by atoms with van der Waals surface area (Å²) < 4.78 is 32.9. The highest BCUT2D eigenvalue weighted by Gasteiger charge is 2.29. The third-order valence-corrected chi connectivity index (χ3v) is 8.20. The second-order valence-electron chi connectivity index (χ2n) is 8.44. The number of aromatic nitrogens is 1. The van der Waals surface area contributed by atoms with Crippen molar-refractivity contribution in [2.24, 2.45) is 16.8 Å². The predicted octanol–water partition coefficient (Wildman–Crippen LogP) is 1.98. The van der Waals surface area contributed by atoms with Crippen molar-refractivity contribution in [3.8, 4) is 0 Å². The number of sulfone groups is 1. The van der Waals surface area contributed by atoms with Crippen molar-refractivity contribution in [3.05, 3.63) is 27.5 Å². The van der Waals surface area contributed by atoms with Crippen molar-refractivity contribution in [1.82, 2.24) is 9.47 Å². The molecule has 1 aliphatic rings. The van der Waals surface area contributed by atoms with Gasteiger partial charge < -0.3 is 14.2 Å². The van der Waals surface area contributed by atoms with Crippen LogP contribution in [0.25, 0.3) is 10.2 Å². The molecule has 33 heavy (non-hydrogen) atoms. The molecule has 0 saturated carbocycles. The molecule has 2 atom stereocenters. The van der Waals surface area contributed by atoms with Crippen LogP contribution in [-0.2, 0) is 35.5 Å². The molecule has 9 nitrogen and oxygen atoms in total. The quantitative estimate of drug-likeness (QED) is 0.500. The van der Waals surface area contributed by atoms with Crippen molar-refractivity contribution in [1.29, 1.82) is 0 Å². The highest BCUT2D eigenvalue weighted by molar-refractivity contribution is 9.10. The SMILES string of the molecule is COC(=O)Cn1c(=NC(=O)CS(=O)(=O)CC(=O)N2CC(C)CC(C)C2)sc2cc(Br)ccc21. The molecule has 2 aromatic rings. The first kappa shape index (κ1) is 25.6. The summed E-state index contributed by atoms with van der Waals surface area (Å²) in [7, 11) is -2.75. The Hall–Kier alpha value is -2.05. The second-order valence-corrected chi connectivity index (χ2v) is 12.4. The topological polar surface area (TPSA) is 115 Å². The molecule has 2 heterocycles. The predicted molar refractivity (Wildman–Crippen MR) is 128 cm³/mol. The average Bonchev–Trinajstić information content (AvgIpc) is 3.01. The molecule has 12 heteroatoms. The van der Waals surface area contributed by atoms with Gasteiger partial charge in [-0.15, -0.1) is 0 Å². The van der Waals surface area contributed by atoms with Gasteiger partial charge in [0, 0.05) is 17.6 Å². The first-order chi connectivity index (χ1) is 15.5. The number of carbonyl (C=O) groups is 3. The highest BCUT2D eigenvalue weighted by Crippen LogP contribution is 2.23. The number of benzene rings is 1. The summed E-state index contributed by atoms with van der Waals surface area (Å²) in [6, 6.07) is 5.36. The Morgan fingerprint density at radius 2 is 1.85 bits per heavy atom. The van der Waals surface area contributed by atoms with Gasteiger partial charge in [0.25, 0.3) is 5.91 Å². The minimum atomic E-state index is -4.00. The van der Waals surface area contributed by atoms with E-state index < -0.39 is 39.1 Å². The van der Waals surface area contributed by atoms with Crippen LogP contribution in [0.15, 0.2) is 27.7 Å². The number of halogens is 1.